The molecule has 0 aromatic heterocycles. The molecule has 0 saturated carbocycles. The van der Waals surface area contributed by atoms with Crippen molar-refractivity contribution in [2.45, 2.75) is 39.5 Å². The van der Waals surface area contributed by atoms with Gasteiger partial charge in [0, 0.05) is 0 Å². The summed E-state index contributed by atoms with van der Waals surface area (Å²) in [5.41, 5.74) is 0. The minimum Gasteiger partial charge on any atom is -0.466 e. The van der Waals surface area contributed by atoms with E-state index in [1.54, 1.807) is 0 Å². The van der Waals surface area contributed by atoms with Gasteiger partial charge in [0.25, 0.3) is 0 Å². The summed E-state index contributed by atoms with van der Waals surface area (Å²) in [5.74, 6) is -0.134. The second kappa shape index (κ2) is 8.31. The normalized spacial score (nSPS) is 10.5. The van der Waals surface area contributed by atoms with Crippen LogP contribution < -0.4 is 0 Å². The summed E-state index contributed by atoms with van der Waals surface area (Å²) in [5, 5.41) is 0. The molecular formula is C10H18O2. The van der Waals surface area contributed by atoms with Gasteiger partial charge in [-0.05, 0) is 13.3 Å². The van der Waals surface area contributed by atoms with Crippen molar-refractivity contribution < 1.29 is 9.53 Å². The minimum atomic E-state index is -0.134. The average Bonchev–Trinajstić information content (AvgIpc) is 2.05. The number of hydrogen-bond acceptors (Lipinski definition) is 2. The van der Waals surface area contributed by atoms with Crippen molar-refractivity contribution in [3.05, 3.63) is 12.2 Å². The van der Waals surface area contributed by atoms with Crippen molar-refractivity contribution in [1.82, 2.24) is 0 Å². The highest BCUT2D eigenvalue weighted by atomic mass is 16.5. The molecule has 0 saturated heterocycles. The molecule has 12 heavy (non-hydrogen) atoms. The maximum atomic E-state index is 10.8. The Bertz CT molecular complexity index is 139. The van der Waals surface area contributed by atoms with Crippen LogP contribution in [0, 0.1) is 0 Å². The quantitative estimate of drug-likeness (QED) is 0.348. The molecule has 0 aromatic rings. The minimum absolute atomic E-state index is 0.134. The van der Waals surface area contributed by atoms with Gasteiger partial charge in [0.15, 0.2) is 0 Å². The molecule has 0 rings (SSSR count). The zero-order valence-electron chi connectivity index (χ0n) is 8.01. The Balaban J connectivity index is 3.27. The van der Waals surface area contributed by atoms with Crippen molar-refractivity contribution >= 4 is 5.97 Å². The molecule has 0 fully saturated rings. The summed E-state index contributed by atoms with van der Waals surface area (Å²) in [6.07, 6.45) is 7.80. The number of rotatable bonds is 6. The fourth-order valence-electron chi connectivity index (χ4n) is 0.839. The Labute approximate surface area is 74.6 Å². The van der Waals surface area contributed by atoms with Gasteiger partial charge in [0.2, 0.25) is 0 Å². The number of allylic oxidation sites excluding steroid dienone is 1. The van der Waals surface area contributed by atoms with E-state index >= 15 is 0 Å². The van der Waals surface area contributed by atoms with E-state index in [0.717, 1.165) is 6.42 Å². The standard InChI is InChI=1S/C10H18O2/c1-3-5-6-7-8-9-10(11)12-4-2/h7-8H,3-6,9H2,1-2H3/b8-7+. The van der Waals surface area contributed by atoms with Crippen LogP contribution in [0.1, 0.15) is 39.5 Å². The highest BCUT2D eigenvalue weighted by molar-refractivity contribution is 5.71. The van der Waals surface area contributed by atoms with Crippen LogP contribution in [0.4, 0.5) is 0 Å². The van der Waals surface area contributed by atoms with Crippen molar-refractivity contribution in [2.75, 3.05) is 6.61 Å². The highest BCUT2D eigenvalue weighted by Gasteiger charge is 1.94. The zero-order chi connectivity index (χ0) is 9.23. The molecule has 0 radical (unpaired) electrons. The summed E-state index contributed by atoms with van der Waals surface area (Å²) in [7, 11) is 0. The molecule has 2 heteroatoms. The molecule has 0 atom stereocenters. The predicted octanol–water partition coefficient (Wildman–Crippen LogP) is 2.69. The molecule has 2 nitrogen and oxygen atoms in total. The Morgan fingerprint density at radius 1 is 1.33 bits per heavy atom. The van der Waals surface area contributed by atoms with Gasteiger partial charge in [-0.2, -0.15) is 0 Å². The number of carbonyl (C=O) groups is 1. The second-order valence-corrected chi connectivity index (χ2v) is 2.62. The maximum absolute atomic E-state index is 10.8. The summed E-state index contributed by atoms with van der Waals surface area (Å²) in [4.78, 5) is 10.8. The molecule has 0 bridgehead atoms. The average molecular weight is 170 g/mol. The summed E-state index contributed by atoms with van der Waals surface area (Å²) in [6, 6.07) is 0. The van der Waals surface area contributed by atoms with E-state index in [4.69, 9.17) is 4.74 Å². The number of hydrogen-bond donors (Lipinski definition) is 0. The van der Waals surface area contributed by atoms with Gasteiger partial charge >= 0.3 is 5.97 Å². The van der Waals surface area contributed by atoms with E-state index in [9.17, 15) is 4.79 Å². The van der Waals surface area contributed by atoms with Crippen molar-refractivity contribution in [1.29, 1.82) is 0 Å². The third kappa shape index (κ3) is 7.32. The summed E-state index contributed by atoms with van der Waals surface area (Å²) in [6.45, 7) is 4.44. The molecular weight excluding hydrogens is 152 g/mol. The first kappa shape index (κ1) is 11.2. The summed E-state index contributed by atoms with van der Waals surface area (Å²) >= 11 is 0. The lowest BCUT2D eigenvalue weighted by atomic mass is 10.2. The van der Waals surface area contributed by atoms with Gasteiger partial charge < -0.3 is 4.74 Å². The van der Waals surface area contributed by atoms with E-state index in [1.807, 2.05) is 19.1 Å². The number of carbonyl (C=O) groups excluding carboxylic acids is 1. The highest BCUT2D eigenvalue weighted by Crippen LogP contribution is 1.96. The molecule has 0 amide bonds. The SMILES string of the molecule is CCCC/C=C/CC(=O)OCC. The monoisotopic (exact) mass is 170 g/mol. The Hall–Kier alpha value is -0.790. The third-order valence-electron chi connectivity index (χ3n) is 1.48. The van der Waals surface area contributed by atoms with E-state index in [1.165, 1.54) is 12.8 Å². The second-order valence-electron chi connectivity index (χ2n) is 2.62. The third-order valence-corrected chi connectivity index (χ3v) is 1.48. The van der Waals surface area contributed by atoms with Crippen molar-refractivity contribution in [2.24, 2.45) is 0 Å². The Morgan fingerprint density at radius 2 is 2.08 bits per heavy atom. The van der Waals surface area contributed by atoms with E-state index in [0.29, 0.717) is 13.0 Å². The topological polar surface area (TPSA) is 26.3 Å². The van der Waals surface area contributed by atoms with Crippen LogP contribution in [0.2, 0.25) is 0 Å². The van der Waals surface area contributed by atoms with Crippen LogP contribution >= 0.6 is 0 Å². The van der Waals surface area contributed by atoms with Crippen LogP contribution in [0.3, 0.4) is 0 Å². The fraction of sp³-hybridized carbons (Fsp3) is 0.700. The van der Waals surface area contributed by atoms with Crippen LogP contribution in [0.15, 0.2) is 12.2 Å². The molecule has 0 spiro atoms. The van der Waals surface area contributed by atoms with Crippen LogP contribution in [0.5, 0.6) is 0 Å². The van der Waals surface area contributed by atoms with Gasteiger partial charge in [-0.15, -0.1) is 0 Å². The lowest BCUT2D eigenvalue weighted by Gasteiger charge is -1.96. The van der Waals surface area contributed by atoms with Crippen molar-refractivity contribution in [3.63, 3.8) is 0 Å². The van der Waals surface area contributed by atoms with Gasteiger partial charge in [0.05, 0.1) is 13.0 Å². The lowest BCUT2D eigenvalue weighted by Crippen LogP contribution is -2.01. The van der Waals surface area contributed by atoms with Gasteiger partial charge in [-0.3, -0.25) is 4.79 Å². The predicted molar refractivity (Wildman–Crippen MR) is 49.9 cm³/mol. The molecule has 0 aliphatic rings. The van der Waals surface area contributed by atoms with E-state index in [-0.39, 0.29) is 5.97 Å². The zero-order valence-corrected chi connectivity index (χ0v) is 8.01. The number of ether oxygens (including phenoxy) is 1. The molecule has 0 unspecified atom stereocenters. The molecule has 0 aliphatic carbocycles. The molecule has 0 aromatic carbocycles. The van der Waals surface area contributed by atoms with E-state index in [2.05, 4.69) is 6.92 Å². The fourth-order valence-corrected chi connectivity index (χ4v) is 0.839. The van der Waals surface area contributed by atoms with Gasteiger partial charge in [-0.25, -0.2) is 0 Å². The first-order valence-electron chi connectivity index (χ1n) is 4.61. The Morgan fingerprint density at radius 3 is 2.67 bits per heavy atom. The van der Waals surface area contributed by atoms with Crippen LogP contribution in [0.25, 0.3) is 0 Å². The van der Waals surface area contributed by atoms with Crippen LogP contribution in [-0.2, 0) is 9.53 Å². The molecule has 70 valence electrons. The van der Waals surface area contributed by atoms with Crippen LogP contribution in [-0.4, -0.2) is 12.6 Å². The van der Waals surface area contributed by atoms with Gasteiger partial charge in [-0.1, -0.05) is 31.9 Å². The smallest absolute Gasteiger partial charge is 0.309 e. The number of esters is 1. The lowest BCUT2D eigenvalue weighted by molar-refractivity contribution is -0.142. The first-order chi connectivity index (χ1) is 5.81. The molecule has 0 aliphatic heterocycles. The van der Waals surface area contributed by atoms with Crippen molar-refractivity contribution in [3.8, 4) is 0 Å². The first-order valence-corrected chi connectivity index (χ1v) is 4.61. The van der Waals surface area contributed by atoms with Gasteiger partial charge in [0.1, 0.15) is 0 Å². The maximum Gasteiger partial charge on any atom is 0.309 e. The molecule has 0 heterocycles. The molecule has 0 N–H and O–H groups in total. The summed E-state index contributed by atoms with van der Waals surface area (Å²) < 4.78 is 4.76. The number of unbranched alkanes of at least 4 members (excludes halogenated alkanes) is 2. The van der Waals surface area contributed by atoms with E-state index < -0.39 is 0 Å². The largest absolute Gasteiger partial charge is 0.466 e. The Kier molecular flexibility index (Phi) is 7.76.